The molecule has 62 valence electrons. The van der Waals surface area contributed by atoms with Crippen LogP contribution in [-0.4, -0.2) is 36.5 Å². The number of aliphatic hydroxyl groups is 1. The van der Waals surface area contributed by atoms with Crippen molar-refractivity contribution in [3.05, 3.63) is 0 Å². The molecule has 4 nitrogen and oxygen atoms in total. The summed E-state index contributed by atoms with van der Waals surface area (Å²) in [7, 11) is 1.62. The molecule has 0 aliphatic carbocycles. The van der Waals surface area contributed by atoms with E-state index in [0.29, 0.717) is 6.61 Å². The zero-order valence-electron chi connectivity index (χ0n) is 6.33. The molecule has 0 heterocycles. The number of carbonyl (C=O) groups is 1. The van der Waals surface area contributed by atoms with Gasteiger partial charge >= 0.3 is 0 Å². The fraction of sp³-hybridized carbons (Fsp3) is 0.833. The van der Waals surface area contributed by atoms with Crippen molar-refractivity contribution < 1.29 is 19.7 Å². The van der Waals surface area contributed by atoms with Crippen molar-refractivity contribution in [3.63, 3.8) is 0 Å². The van der Waals surface area contributed by atoms with Gasteiger partial charge in [-0.3, -0.25) is 4.79 Å². The largest absolute Gasteiger partial charge is 0.481 e. The van der Waals surface area contributed by atoms with Crippen LogP contribution in [0.4, 0.5) is 0 Å². The van der Waals surface area contributed by atoms with E-state index in [1.807, 2.05) is 0 Å². The topological polar surface area (TPSA) is 66.8 Å². The molecule has 0 aromatic heterocycles. The van der Waals surface area contributed by atoms with E-state index < -0.39 is 5.97 Å². The molecule has 0 amide bonds. The van der Waals surface area contributed by atoms with Crippen LogP contribution in [0.2, 0.25) is 0 Å². The third kappa shape index (κ3) is 52.8. The molecule has 10 heavy (non-hydrogen) atoms. The first-order valence-electron chi connectivity index (χ1n) is 2.94. The summed E-state index contributed by atoms with van der Waals surface area (Å²) < 4.78 is 4.62. The second-order valence-electron chi connectivity index (χ2n) is 1.59. The van der Waals surface area contributed by atoms with Crippen LogP contribution >= 0.6 is 0 Å². The van der Waals surface area contributed by atoms with Crippen molar-refractivity contribution in [1.82, 2.24) is 0 Å². The SMILES string of the molecule is CC(=O)O.COCCCO. The molecule has 0 atom stereocenters. The summed E-state index contributed by atoms with van der Waals surface area (Å²) in [4.78, 5) is 9.00. The fourth-order valence-corrected chi connectivity index (χ4v) is 0.209. The second kappa shape index (κ2) is 11.2. The van der Waals surface area contributed by atoms with Gasteiger partial charge in [0.25, 0.3) is 5.97 Å². The number of ether oxygens (including phenoxy) is 1. The Kier molecular flexibility index (Phi) is 13.6. The van der Waals surface area contributed by atoms with Crippen LogP contribution < -0.4 is 0 Å². The summed E-state index contributed by atoms with van der Waals surface area (Å²) in [6, 6.07) is 0. The minimum absolute atomic E-state index is 0.230. The van der Waals surface area contributed by atoms with Gasteiger partial charge in [-0.05, 0) is 6.42 Å². The normalized spacial score (nSPS) is 7.90. The van der Waals surface area contributed by atoms with Crippen molar-refractivity contribution in [2.45, 2.75) is 13.3 Å². The maximum atomic E-state index is 9.00. The Balaban J connectivity index is 0. The van der Waals surface area contributed by atoms with Crippen LogP contribution in [-0.2, 0) is 9.53 Å². The first-order valence-corrected chi connectivity index (χ1v) is 2.94. The van der Waals surface area contributed by atoms with Crippen LogP contribution in [0.25, 0.3) is 0 Å². The molecule has 0 rings (SSSR count). The molecule has 0 radical (unpaired) electrons. The molecular formula is C6H14O4. The standard InChI is InChI=1S/C4H10O2.C2H4O2/c1-6-4-2-3-5;1-2(3)4/h5H,2-4H2,1H3;1H3,(H,3,4). The fourth-order valence-electron chi connectivity index (χ4n) is 0.209. The van der Waals surface area contributed by atoms with Gasteiger partial charge in [-0.25, -0.2) is 0 Å². The zero-order chi connectivity index (χ0) is 8.41. The van der Waals surface area contributed by atoms with Gasteiger partial charge in [0.15, 0.2) is 0 Å². The molecule has 0 aliphatic rings. The van der Waals surface area contributed by atoms with E-state index in [-0.39, 0.29) is 6.61 Å². The van der Waals surface area contributed by atoms with E-state index >= 15 is 0 Å². The molecule has 0 saturated heterocycles. The molecule has 0 aliphatic heterocycles. The Bertz CT molecular complexity index is 64.1. The zero-order valence-corrected chi connectivity index (χ0v) is 6.33. The number of carboxylic acids is 1. The van der Waals surface area contributed by atoms with Crippen molar-refractivity contribution in [1.29, 1.82) is 0 Å². The average Bonchev–Trinajstić information content (AvgIpc) is 1.82. The van der Waals surface area contributed by atoms with E-state index in [1.165, 1.54) is 0 Å². The summed E-state index contributed by atoms with van der Waals surface area (Å²) in [5.74, 6) is -0.833. The lowest BCUT2D eigenvalue weighted by molar-refractivity contribution is -0.134. The lowest BCUT2D eigenvalue weighted by atomic mass is 10.5. The lowest BCUT2D eigenvalue weighted by Crippen LogP contribution is -1.90. The molecule has 0 aromatic rings. The van der Waals surface area contributed by atoms with Crippen LogP contribution in [0.5, 0.6) is 0 Å². The number of hydrogen-bond acceptors (Lipinski definition) is 3. The van der Waals surface area contributed by atoms with E-state index in [9.17, 15) is 0 Å². The van der Waals surface area contributed by atoms with E-state index in [2.05, 4.69) is 4.74 Å². The highest BCUT2D eigenvalue weighted by molar-refractivity contribution is 5.62. The predicted molar refractivity (Wildman–Crippen MR) is 36.9 cm³/mol. The molecule has 2 N–H and O–H groups in total. The smallest absolute Gasteiger partial charge is 0.300 e. The van der Waals surface area contributed by atoms with Crippen LogP contribution in [0.1, 0.15) is 13.3 Å². The van der Waals surface area contributed by atoms with Gasteiger partial charge in [0.05, 0.1) is 0 Å². The quantitative estimate of drug-likeness (QED) is 0.560. The minimum Gasteiger partial charge on any atom is -0.481 e. The Morgan fingerprint density at radius 3 is 2.10 bits per heavy atom. The van der Waals surface area contributed by atoms with Crippen molar-refractivity contribution in [2.24, 2.45) is 0 Å². The number of rotatable bonds is 3. The van der Waals surface area contributed by atoms with Gasteiger partial charge in [0.2, 0.25) is 0 Å². The highest BCUT2D eigenvalue weighted by Crippen LogP contribution is 1.72. The minimum atomic E-state index is -0.833. The number of carboxylic acid groups (broad SMARTS) is 1. The molecule has 0 saturated carbocycles. The summed E-state index contributed by atoms with van der Waals surface area (Å²) in [6.45, 7) is 1.98. The summed E-state index contributed by atoms with van der Waals surface area (Å²) in [6.07, 6.45) is 0.747. The van der Waals surface area contributed by atoms with E-state index in [0.717, 1.165) is 13.3 Å². The van der Waals surface area contributed by atoms with Gasteiger partial charge in [-0.1, -0.05) is 0 Å². The molecule has 0 aromatic carbocycles. The third-order valence-corrected chi connectivity index (χ3v) is 0.507. The van der Waals surface area contributed by atoms with Crippen LogP contribution in [0, 0.1) is 0 Å². The lowest BCUT2D eigenvalue weighted by Gasteiger charge is -1.89. The van der Waals surface area contributed by atoms with Crippen LogP contribution in [0.15, 0.2) is 0 Å². The maximum Gasteiger partial charge on any atom is 0.300 e. The van der Waals surface area contributed by atoms with Gasteiger partial charge in [-0.15, -0.1) is 0 Å². The van der Waals surface area contributed by atoms with Crippen LogP contribution in [0.3, 0.4) is 0 Å². The van der Waals surface area contributed by atoms with E-state index in [4.69, 9.17) is 15.0 Å². The van der Waals surface area contributed by atoms with Gasteiger partial charge in [-0.2, -0.15) is 0 Å². The highest BCUT2D eigenvalue weighted by Gasteiger charge is 1.75. The highest BCUT2D eigenvalue weighted by atomic mass is 16.5. The average molecular weight is 150 g/mol. The predicted octanol–water partition coefficient (Wildman–Crippen LogP) is 0.106. The van der Waals surface area contributed by atoms with Gasteiger partial charge in [0, 0.05) is 27.2 Å². The van der Waals surface area contributed by atoms with Crippen molar-refractivity contribution >= 4 is 5.97 Å². The Morgan fingerprint density at radius 2 is 2.00 bits per heavy atom. The number of methoxy groups -OCH3 is 1. The van der Waals surface area contributed by atoms with E-state index in [1.54, 1.807) is 7.11 Å². The van der Waals surface area contributed by atoms with Crippen molar-refractivity contribution in [2.75, 3.05) is 20.3 Å². The Labute approximate surface area is 60.4 Å². The second-order valence-corrected chi connectivity index (χ2v) is 1.59. The van der Waals surface area contributed by atoms with Crippen molar-refractivity contribution in [3.8, 4) is 0 Å². The summed E-state index contributed by atoms with van der Waals surface area (Å²) in [5, 5.41) is 15.5. The molecule has 0 spiro atoms. The molecule has 4 heteroatoms. The molecule has 0 unspecified atom stereocenters. The molecule has 0 bridgehead atoms. The number of aliphatic carboxylic acids is 1. The Morgan fingerprint density at radius 1 is 1.60 bits per heavy atom. The number of hydrogen-bond donors (Lipinski definition) is 2. The monoisotopic (exact) mass is 150 g/mol. The van der Waals surface area contributed by atoms with Gasteiger partial charge < -0.3 is 14.9 Å². The first kappa shape index (κ1) is 12.1. The first-order chi connectivity index (χ1) is 4.65. The summed E-state index contributed by atoms with van der Waals surface area (Å²) in [5.41, 5.74) is 0. The molecular weight excluding hydrogens is 136 g/mol. The molecule has 0 fully saturated rings. The Hall–Kier alpha value is -0.610. The number of aliphatic hydroxyl groups excluding tert-OH is 1. The third-order valence-electron chi connectivity index (χ3n) is 0.507. The summed E-state index contributed by atoms with van der Waals surface area (Å²) >= 11 is 0. The maximum absolute atomic E-state index is 9.00. The van der Waals surface area contributed by atoms with Gasteiger partial charge in [0.1, 0.15) is 0 Å².